The van der Waals surface area contributed by atoms with Crippen LogP contribution in [0, 0.1) is 0 Å². The van der Waals surface area contributed by atoms with E-state index in [0.717, 1.165) is 16.8 Å². The second-order valence-corrected chi connectivity index (χ2v) is 9.10. The zero-order valence-corrected chi connectivity index (χ0v) is 20.4. The van der Waals surface area contributed by atoms with Crippen molar-refractivity contribution in [2.75, 3.05) is 0 Å². The van der Waals surface area contributed by atoms with Gasteiger partial charge in [-0.25, -0.2) is 0 Å². The largest absolute Gasteiger partial charge is 0.309 e. The van der Waals surface area contributed by atoms with Crippen LogP contribution >= 0.6 is 0 Å². The number of hydrogen-bond acceptors (Lipinski definition) is 0. The number of fused-ring (bicyclic) bond motifs is 3. The van der Waals surface area contributed by atoms with Crippen molar-refractivity contribution in [1.82, 2.24) is 4.57 Å². The number of allylic oxidation sites excluding steroid dienone is 3. The van der Waals surface area contributed by atoms with Gasteiger partial charge in [0.1, 0.15) is 0 Å². The Morgan fingerprint density at radius 2 is 1.08 bits per heavy atom. The summed E-state index contributed by atoms with van der Waals surface area (Å²) in [5.74, 6) is 0. The molecule has 5 aromatic carbocycles. The van der Waals surface area contributed by atoms with E-state index in [1.807, 2.05) is 19.1 Å². The summed E-state index contributed by atoms with van der Waals surface area (Å²) in [5.41, 5.74) is 10.6. The number of rotatable bonds is 5. The molecule has 0 aliphatic heterocycles. The fraction of sp³-hybridized carbons (Fsp3) is 0.0286. The van der Waals surface area contributed by atoms with E-state index in [1.54, 1.807) is 0 Å². The van der Waals surface area contributed by atoms with Crippen LogP contribution < -0.4 is 0 Å². The molecule has 0 N–H and O–H groups in total. The van der Waals surface area contributed by atoms with Crippen molar-refractivity contribution in [3.05, 3.63) is 146 Å². The lowest BCUT2D eigenvalue weighted by Crippen LogP contribution is -1.94. The van der Waals surface area contributed by atoms with Gasteiger partial charge in [-0.2, -0.15) is 0 Å². The van der Waals surface area contributed by atoms with E-state index in [4.69, 9.17) is 0 Å². The lowest BCUT2D eigenvalue weighted by molar-refractivity contribution is 1.18. The summed E-state index contributed by atoms with van der Waals surface area (Å²) in [4.78, 5) is 0. The first-order chi connectivity index (χ1) is 17.7. The van der Waals surface area contributed by atoms with Crippen LogP contribution in [-0.4, -0.2) is 4.57 Å². The van der Waals surface area contributed by atoms with Gasteiger partial charge in [0, 0.05) is 16.5 Å². The molecule has 0 amide bonds. The predicted octanol–water partition coefficient (Wildman–Crippen LogP) is 9.71. The molecule has 172 valence electrons. The maximum atomic E-state index is 4.19. The van der Waals surface area contributed by atoms with Crippen LogP contribution in [0.25, 0.3) is 55.3 Å². The van der Waals surface area contributed by atoms with Gasteiger partial charge in [-0.05, 0) is 76.7 Å². The quantitative estimate of drug-likeness (QED) is 0.225. The molecule has 0 spiro atoms. The average molecular weight is 462 g/mol. The Balaban J connectivity index is 1.59. The Morgan fingerprint density at radius 1 is 0.583 bits per heavy atom. The van der Waals surface area contributed by atoms with Crippen molar-refractivity contribution in [1.29, 1.82) is 0 Å². The van der Waals surface area contributed by atoms with Gasteiger partial charge in [-0.15, -0.1) is 0 Å². The standard InChI is InChI=1S/C35H27N/c1-3-10-25(2)26-15-19-31(20-16-26)36-34-21-17-29(27-11-6-4-7-12-27)23-32(34)33-24-30(18-22-35(33)36)28-13-8-5-9-14-28/h3-24H,2H2,1H3. The second-order valence-electron chi connectivity index (χ2n) is 9.10. The van der Waals surface area contributed by atoms with E-state index in [0.29, 0.717) is 0 Å². The smallest absolute Gasteiger partial charge is 0.0541 e. The van der Waals surface area contributed by atoms with E-state index in [9.17, 15) is 0 Å². The summed E-state index contributed by atoms with van der Waals surface area (Å²) in [5, 5.41) is 2.51. The zero-order chi connectivity index (χ0) is 24.5. The van der Waals surface area contributed by atoms with Crippen molar-refractivity contribution < 1.29 is 0 Å². The topological polar surface area (TPSA) is 4.93 Å². The number of nitrogens with zero attached hydrogens (tertiary/aromatic N) is 1. The van der Waals surface area contributed by atoms with Gasteiger partial charge in [0.15, 0.2) is 0 Å². The monoisotopic (exact) mass is 461 g/mol. The zero-order valence-electron chi connectivity index (χ0n) is 20.4. The van der Waals surface area contributed by atoms with Crippen molar-refractivity contribution in [3.63, 3.8) is 0 Å². The van der Waals surface area contributed by atoms with E-state index >= 15 is 0 Å². The molecule has 36 heavy (non-hydrogen) atoms. The minimum Gasteiger partial charge on any atom is -0.309 e. The van der Waals surface area contributed by atoms with Crippen LogP contribution in [0.1, 0.15) is 12.5 Å². The summed E-state index contributed by atoms with van der Waals surface area (Å²) >= 11 is 0. The molecule has 0 aliphatic carbocycles. The molecule has 0 fully saturated rings. The van der Waals surface area contributed by atoms with Gasteiger partial charge in [0.05, 0.1) is 11.0 Å². The number of aromatic nitrogens is 1. The van der Waals surface area contributed by atoms with Gasteiger partial charge in [-0.1, -0.05) is 104 Å². The summed E-state index contributed by atoms with van der Waals surface area (Å²) in [6, 6.07) is 43.6. The Morgan fingerprint density at radius 3 is 1.56 bits per heavy atom. The molecule has 0 saturated carbocycles. The van der Waals surface area contributed by atoms with Crippen LogP contribution in [0.15, 0.2) is 140 Å². The predicted molar refractivity (Wildman–Crippen MR) is 156 cm³/mol. The van der Waals surface area contributed by atoms with Crippen molar-refractivity contribution in [2.24, 2.45) is 0 Å². The highest BCUT2D eigenvalue weighted by Gasteiger charge is 2.14. The van der Waals surface area contributed by atoms with E-state index in [-0.39, 0.29) is 0 Å². The van der Waals surface area contributed by atoms with Gasteiger partial charge >= 0.3 is 0 Å². The minimum atomic E-state index is 1.02. The summed E-state index contributed by atoms with van der Waals surface area (Å²) in [6.45, 7) is 6.21. The van der Waals surface area contributed by atoms with Crippen molar-refractivity contribution >= 4 is 27.4 Å². The van der Waals surface area contributed by atoms with Crippen molar-refractivity contribution in [2.45, 2.75) is 6.92 Å². The van der Waals surface area contributed by atoms with Gasteiger partial charge in [0.2, 0.25) is 0 Å². The molecule has 0 bridgehead atoms. The second kappa shape index (κ2) is 9.20. The first-order valence-corrected chi connectivity index (χ1v) is 12.3. The highest BCUT2D eigenvalue weighted by Crippen LogP contribution is 2.37. The van der Waals surface area contributed by atoms with Crippen LogP contribution in [0.2, 0.25) is 0 Å². The Kier molecular flexibility index (Phi) is 5.59. The lowest BCUT2D eigenvalue weighted by atomic mass is 10.0. The summed E-state index contributed by atoms with van der Waals surface area (Å²) < 4.78 is 2.37. The van der Waals surface area contributed by atoms with Crippen LogP contribution in [-0.2, 0) is 0 Å². The SMILES string of the molecule is C=C(C=CC)c1ccc(-n2c3ccc(-c4ccccc4)cc3c3cc(-c4ccccc4)ccc32)cc1. The Hall–Kier alpha value is -4.62. The molecule has 1 nitrogen and oxygen atoms in total. The first kappa shape index (κ1) is 21.9. The lowest BCUT2D eigenvalue weighted by Gasteiger charge is -2.10. The highest BCUT2D eigenvalue weighted by atomic mass is 15.0. The fourth-order valence-corrected chi connectivity index (χ4v) is 5.04. The highest BCUT2D eigenvalue weighted by molar-refractivity contribution is 6.11. The van der Waals surface area contributed by atoms with Crippen LogP contribution in [0.3, 0.4) is 0 Å². The molecule has 6 aromatic rings. The normalized spacial score (nSPS) is 11.5. The third kappa shape index (κ3) is 3.85. The number of hydrogen-bond donors (Lipinski definition) is 0. The minimum absolute atomic E-state index is 1.02. The van der Waals surface area contributed by atoms with Crippen LogP contribution in [0.4, 0.5) is 0 Å². The molecule has 0 saturated heterocycles. The average Bonchev–Trinajstić information content (AvgIpc) is 3.27. The third-order valence-corrected chi connectivity index (χ3v) is 6.84. The first-order valence-electron chi connectivity index (χ1n) is 12.3. The summed E-state index contributed by atoms with van der Waals surface area (Å²) in [6.07, 6.45) is 4.07. The van der Waals surface area contributed by atoms with E-state index < -0.39 is 0 Å². The van der Waals surface area contributed by atoms with Crippen LogP contribution in [0.5, 0.6) is 0 Å². The third-order valence-electron chi connectivity index (χ3n) is 6.84. The maximum Gasteiger partial charge on any atom is 0.0541 e. The van der Waals surface area contributed by atoms with Crippen molar-refractivity contribution in [3.8, 4) is 27.9 Å². The van der Waals surface area contributed by atoms with Gasteiger partial charge in [0.25, 0.3) is 0 Å². The Bertz CT molecular complexity index is 1620. The Labute approximate surface area is 212 Å². The molecule has 0 aliphatic rings. The number of benzene rings is 5. The van der Waals surface area contributed by atoms with E-state index in [1.165, 1.54) is 44.1 Å². The molecule has 0 radical (unpaired) electrons. The molecule has 1 heterocycles. The van der Waals surface area contributed by atoms with Gasteiger partial charge < -0.3 is 4.57 Å². The maximum absolute atomic E-state index is 4.19. The van der Waals surface area contributed by atoms with Gasteiger partial charge in [-0.3, -0.25) is 0 Å². The molecular weight excluding hydrogens is 434 g/mol. The van der Waals surface area contributed by atoms with E-state index in [2.05, 4.69) is 132 Å². The molecular formula is C35H27N. The molecule has 6 rings (SSSR count). The molecule has 1 aromatic heterocycles. The summed E-state index contributed by atoms with van der Waals surface area (Å²) in [7, 11) is 0. The molecule has 0 unspecified atom stereocenters. The fourth-order valence-electron chi connectivity index (χ4n) is 5.04. The molecule has 0 atom stereocenters. The molecule has 1 heteroatoms.